The summed E-state index contributed by atoms with van der Waals surface area (Å²) in [5.74, 6) is 0.733. The van der Waals surface area contributed by atoms with Crippen LogP contribution < -0.4 is 9.64 Å². The molecule has 0 fully saturated rings. The van der Waals surface area contributed by atoms with Crippen LogP contribution in [0.5, 0.6) is 5.75 Å². The number of ether oxygens (including phenoxy) is 2. The molecule has 1 aromatic heterocycles. The maximum absolute atomic E-state index is 11.0. The van der Waals surface area contributed by atoms with E-state index in [1.165, 1.54) is 0 Å². The van der Waals surface area contributed by atoms with Gasteiger partial charge in [-0.05, 0) is 45.7 Å². The summed E-state index contributed by atoms with van der Waals surface area (Å²) in [4.78, 5) is 1.96. The highest BCUT2D eigenvalue weighted by Crippen LogP contribution is 2.26. The Morgan fingerprint density at radius 1 is 1.18 bits per heavy atom. The van der Waals surface area contributed by atoms with Gasteiger partial charge in [-0.25, -0.2) is 0 Å². The summed E-state index contributed by atoms with van der Waals surface area (Å²) in [5, 5.41) is 46.0. The molecule has 0 amide bonds. The largest absolute Gasteiger partial charge is 0.494 e. The van der Waals surface area contributed by atoms with Crippen LogP contribution in [0.2, 0.25) is 0 Å². The quantitative estimate of drug-likeness (QED) is 0.521. The van der Waals surface area contributed by atoms with Crippen molar-refractivity contribution in [3.8, 4) is 5.75 Å². The maximum atomic E-state index is 11.0. The molecular weight excluding hydrogens is 426 g/mol. The highest BCUT2D eigenvalue weighted by Gasteiger charge is 2.34. The van der Waals surface area contributed by atoms with Gasteiger partial charge in [-0.2, -0.15) is 5.10 Å². The standard InChI is InChI=1S/C24H37N3O6/c1-4-27-17(3)20(16(2)25-27)13-26-14-21(29)23(31)24(22(30)15-28)33-11-6-5-10-32-19-9-7-8-18(26)12-19/h7-9,12,21-24,28-31H,4-6,10-11,13-15H2,1-3H3/t21-,22-,23-,24-/m1/s1. The molecule has 1 aliphatic heterocycles. The average molecular weight is 464 g/mol. The second-order valence-electron chi connectivity index (χ2n) is 8.54. The molecule has 4 N–H and O–H groups in total. The molecule has 9 nitrogen and oxygen atoms in total. The zero-order chi connectivity index (χ0) is 24.0. The molecule has 1 aromatic carbocycles. The van der Waals surface area contributed by atoms with Crippen molar-refractivity contribution in [3.05, 3.63) is 41.2 Å². The molecule has 0 saturated heterocycles. The summed E-state index contributed by atoms with van der Waals surface area (Å²) in [5.41, 5.74) is 3.84. The van der Waals surface area contributed by atoms with Crippen molar-refractivity contribution in [2.24, 2.45) is 0 Å². The number of hydrogen-bond acceptors (Lipinski definition) is 8. The minimum atomic E-state index is -1.38. The predicted octanol–water partition coefficient (Wildman–Crippen LogP) is 1.16. The normalized spacial score (nSPS) is 23.6. The van der Waals surface area contributed by atoms with Crippen LogP contribution in [0.4, 0.5) is 5.69 Å². The van der Waals surface area contributed by atoms with Crippen molar-refractivity contribution >= 4 is 5.69 Å². The zero-order valence-corrected chi connectivity index (χ0v) is 19.7. The number of aliphatic hydroxyl groups excluding tert-OH is 4. The van der Waals surface area contributed by atoms with Gasteiger partial charge in [0.25, 0.3) is 0 Å². The number of hydrogen-bond donors (Lipinski definition) is 4. The molecule has 0 saturated carbocycles. The molecule has 0 aliphatic carbocycles. The molecule has 184 valence electrons. The summed E-state index contributed by atoms with van der Waals surface area (Å²) < 4.78 is 13.5. The van der Waals surface area contributed by atoms with Gasteiger partial charge in [0.1, 0.15) is 24.1 Å². The van der Waals surface area contributed by atoms with E-state index in [4.69, 9.17) is 9.47 Å². The first-order valence-electron chi connectivity index (χ1n) is 11.6. The van der Waals surface area contributed by atoms with E-state index in [1.807, 2.05) is 54.6 Å². The van der Waals surface area contributed by atoms with E-state index in [0.717, 1.165) is 41.4 Å². The van der Waals surface area contributed by atoms with E-state index in [-0.39, 0.29) is 13.2 Å². The highest BCUT2D eigenvalue weighted by molar-refractivity contribution is 5.52. The highest BCUT2D eigenvalue weighted by atomic mass is 16.5. The smallest absolute Gasteiger partial charge is 0.121 e. The Morgan fingerprint density at radius 2 is 1.94 bits per heavy atom. The van der Waals surface area contributed by atoms with E-state index < -0.39 is 31.0 Å². The monoisotopic (exact) mass is 463 g/mol. The summed E-state index contributed by atoms with van der Waals surface area (Å²) in [6.07, 6.45) is -3.63. The fourth-order valence-electron chi connectivity index (χ4n) is 4.20. The summed E-state index contributed by atoms with van der Waals surface area (Å²) in [6, 6.07) is 7.66. The van der Waals surface area contributed by atoms with Gasteiger partial charge in [0.2, 0.25) is 0 Å². The van der Waals surface area contributed by atoms with E-state index in [0.29, 0.717) is 19.6 Å². The minimum Gasteiger partial charge on any atom is -0.494 e. The van der Waals surface area contributed by atoms with Crippen LogP contribution in [0.25, 0.3) is 0 Å². The third-order valence-corrected chi connectivity index (χ3v) is 6.18. The summed E-state index contributed by atoms with van der Waals surface area (Å²) >= 11 is 0. The molecule has 0 unspecified atom stereocenters. The predicted molar refractivity (Wildman–Crippen MR) is 124 cm³/mol. The van der Waals surface area contributed by atoms with E-state index >= 15 is 0 Å². The molecule has 0 radical (unpaired) electrons. The second kappa shape index (κ2) is 11.8. The lowest BCUT2D eigenvalue weighted by molar-refractivity contribution is -0.141. The molecule has 2 heterocycles. The topological polar surface area (TPSA) is 120 Å². The Morgan fingerprint density at radius 3 is 2.64 bits per heavy atom. The van der Waals surface area contributed by atoms with E-state index in [1.54, 1.807) is 0 Å². The van der Waals surface area contributed by atoms with Crippen molar-refractivity contribution in [1.82, 2.24) is 9.78 Å². The number of nitrogens with zero attached hydrogens (tertiary/aromatic N) is 3. The maximum Gasteiger partial charge on any atom is 0.121 e. The average Bonchev–Trinajstić information content (AvgIpc) is 3.09. The molecule has 33 heavy (non-hydrogen) atoms. The van der Waals surface area contributed by atoms with Gasteiger partial charge in [0.15, 0.2) is 0 Å². The fourth-order valence-corrected chi connectivity index (χ4v) is 4.20. The Bertz CT molecular complexity index is 889. The Hall–Kier alpha value is -2.17. The molecule has 1 aliphatic rings. The minimum absolute atomic E-state index is 0.0822. The van der Waals surface area contributed by atoms with Crippen molar-refractivity contribution in [2.75, 3.05) is 31.3 Å². The van der Waals surface area contributed by atoms with Gasteiger partial charge in [0, 0.05) is 49.3 Å². The first-order valence-corrected chi connectivity index (χ1v) is 11.6. The third kappa shape index (κ3) is 6.24. The second-order valence-corrected chi connectivity index (χ2v) is 8.54. The lowest BCUT2D eigenvalue weighted by Crippen LogP contribution is -2.51. The van der Waals surface area contributed by atoms with Crippen LogP contribution in [0.15, 0.2) is 24.3 Å². The van der Waals surface area contributed by atoms with Crippen molar-refractivity contribution in [3.63, 3.8) is 0 Å². The van der Waals surface area contributed by atoms with Crippen molar-refractivity contribution in [1.29, 1.82) is 0 Å². The Kier molecular flexibility index (Phi) is 9.10. The molecule has 9 heteroatoms. The zero-order valence-electron chi connectivity index (χ0n) is 19.7. The first-order chi connectivity index (χ1) is 15.8. The van der Waals surface area contributed by atoms with Gasteiger partial charge < -0.3 is 34.8 Å². The number of aryl methyl sites for hydroxylation is 2. The van der Waals surface area contributed by atoms with Crippen LogP contribution >= 0.6 is 0 Å². The lowest BCUT2D eigenvalue weighted by Gasteiger charge is -2.34. The molecule has 0 spiro atoms. The number of anilines is 1. The SMILES string of the molecule is CCn1nc(C)c(CN2C[C@@H](O)[C@@H](O)[C@@H]([C@H](O)CO)OCCCCOc3cccc2c3)c1C. The number of aliphatic hydroxyl groups is 4. The van der Waals surface area contributed by atoms with Crippen LogP contribution in [0.1, 0.15) is 36.7 Å². The first kappa shape index (κ1) is 25.5. The van der Waals surface area contributed by atoms with Gasteiger partial charge in [-0.1, -0.05) is 6.07 Å². The van der Waals surface area contributed by atoms with Crippen LogP contribution in [0.3, 0.4) is 0 Å². The van der Waals surface area contributed by atoms with Crippen LogP contribution in [-0.4, -0.2) is 81.0 Å². The Labute approximate surface area is 195 Å². The molecule has 2 aromatic rings. The van der Waals surface area contributed by atoms with Gasteiger partial charge in [0.05, 0.1) is 25.0 Å². The summed E-state index contributed by atoms with van der Waals surface area (Å²) in [6.45, 7) is 7.55. The van der Waals surface area contributed by atoms with Gasteiger partial charge in [-0.15, -0.1) is 0 Å². The van der Waals surface area contributed by atoms with Crippen LogP contribution in [0, 0.1) is 13.8 Å². The summed E-state index contributed by atoms with van der Waals surface area (Å²) in [7, 11) is 0. The van der Waals surface area contributed by atoms with E-state index in [2.05, 4.69) is 5.10 Å². The lowest BCUT2D eigenvalue weighted by atomic mass is 10.0. The number of benzene rings is 1. The van der Waals surface area contributed by atoms with Crippen molar-refractivity contribution < 1.29 is 29.9 Å². The molecular formula is C24H37N3O6. The molecule has 3 rings (SSSR count). The van der Waals surface area contributed by atoms with Crippen LogP contribution in [-0.2, 0) is 17.8 Å². The fraction of sp³-hybridized carbons (Fsp3) is 0.625. The number of aromatic nitrogens is 2. The van der Waals surface area contributed by atoms with Crippen molar-refractivity contribution in [2.45, 2.75) is 71.1 Å². The molecule has 4 atom stereocenters. The molecule has 2 bridgehead atoms. The Balaban J connectivity index is 1.95. The number of fused-ring (bicyclic) bond motifs is 2. The number of β-amino-alcohol motifs (C(OH)–C–C–N with tert-alkyl or cyclic N) is 1. The van der Waals surface area contributed by atoms with Gasteiger partial charge in [-0.3, -0.25) is 4.68 Å². The third-order valence-electron chi connectivity index (χ3n) is 6.18. The van der Waals surface area contributed by atoms with Gasteiger partial charge >= 0.3 is 0 Å². The number of rotatable bonds is 5. The van der Waals surface area contributed by atoms with E-state index in [9.17, 15) is 20.4 Å².